The number of rotatable bonds is 6. The van der Waals surface area contributed by atoms with Gasteiger partial charge in [0.25, 0.3) is 0 Å². The fraction of sp³-hybridized carbons (Fsp3) is 0.273. The number of hydrogen-bond donors (Lipinski definition) is 1. The van der Waals surface area contributed by atoms with E-state index in [1.807, 2.05) is 0 Å². The molecule has 19 heavy (non-hydrogen) atoms. The Balaban J connectivity index is 2.00. The van der Waals surface area contributed by atoms with E-state index in [1.165, 1.54) is 0 Å². The van der Waals surface area contributed by atoms with Crippen LogP contribution in [0, 0.1) is 12.3 Å². The maximum atomic E-state index is 5.86. The van der Waals surface area contributed by atoms with Gasteiger partial charge in [-0.25, -0.2) is 4.98 Å². The fourth-order valence-electron chi connectivity index (χ4n) is 1.28. The number of nitrogens with zero attached hydrogens (tertiary/aromatic N) is 5. The zero-order valence-corrected chi connectivity index (χ0v) is 11.5. The molecule has 8 heteroatoms. The maximum absolute atomic E-state index is 5.86. The van der Waals surface area contributed by atoms with Gasteiger partial charge in [-0.05, 0) is 11.6 Å². The van der Waals surface area contributed by atoms with Gasteiger partial charge in [-0.15, -0.1) is 18.2 Å². The summed E-state index contributed by atoms with van der Waals surface area (Å²) < 4.78 is 1.66. The standard InChI is InChI=1S/C11H11ClN6S/c1-2-6-19-7-4-14-10-15-9(12)16-11(17-10)18-5-3-13-8-18/h1,3,5,8H,4,6-7H2,(H,14,15,16,17). The molecule has 0 aromatic carbocycles. The fourth-order valence-corrected chi connectivity index (χ4v) is 1.94. The lowest BCUT2D eigenvalue weighted by atomic mass is 10.7. The van der Waals surface area contributed by atoms with Crippen molar-refractivity contribution >= 4 is 29.3 Å². The van der Waals surface area contributed by atoms with Gasteiger partial charge in [0.1, 0.15) is 6.33 Å². The highest BCUT2D eigenvalue weighted by molar-refractivity contribution is 7.99. The molecule has 2 rings (SSSR count). The van der Waals surface area contributed by atoms with Crippen molar-refractivity contribution in [3.8, 4) is 18.3 Å². The molecular weight excluding hydrogens is 284 g/mol. The lowest BCUT2D eigenvalue weighted by Gasteiger charge is -2.06. The lowest BCUT2D eigenvalue weighted by Crippen LogP contribution is -2.11. The van der Waals surface area contributed by atoms with Crippen LogP contribution in [0.3, 0.4) is 0 Å². The van der Waals surface area contributed by atoms with Crippen molar-refractivity contribution in [3.05, 3.63) is 24.0 Å². The number of nitrogens with one attached hydrogen (secondary N) is 1. The monoisotopic (exact) mass is 294 g/mol. The molecule has 0 saturated carbocycles. The molecule has 0 aliphatic rings. The summed E-state index contributed by atoms with van der Waals surface area (Å²) in [4.78, 5) is 16.2. The van der Waals surface area contributed by atoms with Crippen molar-refractivity contribution in [2.75, 3.05) is 23.4 Å². The average Bonchev–Trinajstić information content (AvgIpc) is 2.92. The highest BCUT2D eigenvalue weighted by Gasteiger charge is 2.05. The molecule has 0 radical (unpaired) electrons. The Labute approximate surface area is 120 Å². The number of thioether (sulfide) groups is 1. The van der Waals surface area contributed by atoms with E-state index in [1.54, 1.807) is 35.0 Å². The molecule has 2 aromatic heterocycles. The molecule has 98 valence electrons. The van der Waals surface area contributed by atoms with Crippen molar-refractivity contribution in [1.82, 2.24) is 24.5 Å². The largest absolute Gasteiger partial charge is 0.353 e. The first-order chi connectivity index (χ1) is 9.29. The average molecular weight is 295 g/mol. The second-order valence-electron chi connectivity index (χ2n) is 3.38. The Morgan fingerprint density at radius 2 is 2.32 bits per heavy atom. The van der Waals surface area contributed by atoms with Crippen molar-refractivity contribution in [1.29, 1.82) is 0 Å². The summed E-state index contributed by atoms with van der Waals surface area (Å²) >= 11 is 7.52. The first-order valence-electron chi connectivity index (χ1n) is 5.44. The SMILES string of the molecule is C#CCSCCNc1nc(Cl)nc(-n2ccnc2)n1. The number of imidazole rings is 1. The summed E-state index contributed by atoms with van der Waals surface area (Å²) in [7, 11) is 0. The van der Waals surface area contributed by atoms with Crippen molar-refractivity contribution in [2.45, 2.75) is 0 Å². The molecule has 0 atom stereocenters. The van der Waals surface area contributed by atoms with E-state index >= 15 is 0 Å². The van der Waals surface area contributed by atoms with E-state index in [9.17, 15) is 0 Å². The Bertz CT molecular complexity index is 565. The highest BCUT2D eigenvalue weighted by atomic mass is 35.5. The summed E-state index contributed by atoms with van der Waals surface area (Å²) in [6, 6.07) is 0. The predicted octanol–water partition coefficient (Wildman–Crippen LogP) is 1.49. The zero-order chi connectivity index (χ0) is 13.5. The van der Waals surface area contributed by atoms with E-state index in [0.717, 1.165) is 5.75 Å². The zero-order valence-electron chi connectivity index (χ0n) is 9.95. The van der Waals surface area contributed by atoms with Gasteiger partial charge in [-0.2, -0.15) is 15.0 Å². The van der Waals surface area contributed by atoms with E-state index < -0.39 is 0 Å². The van der Waals surface area contributed by atoms with Crippen molar-refractivity contribution in [2.24, 2.45) is 0 Å². The minimum absolute atomic E-state index is 0.137. The van der Waals surface area contributed by atoms with Crippen LogP contribution in [0.25, 0.3) is 5.95 Å². The van der Waals surface area contributed by atoms with E-state index in [-0.39, 0.29) is 5.28 Å². The second kappa shape index (κ2) is 6.97. The molecular formula is C11H11ClN6S. The summed E-state index contributed by atoms with van der Waals surface area (Å²) in [6.45, 7) is 0.704. The van der Waals surface area contributed by atoms with Crippen LogP contribution >= 0.6 is 23.4 Å². The van der Waals surface area contributed by atoms with E-state index in [4.69, 9.17) is 18.0 Å². The van der Waals surface area contributed by atoms with Crippen LogP contribution in [0.1, 0.15) is 0 Å². The molecule has 0 saturated heterocycles. The molecule has 0 amide bonds. The molecule has 0 aliphatic carbocycles. The van der Waals surface area contributed by atoms with E-state index in [0.29, 0.717) is 24.2 Å². The topological polar surface area (TPSA) is 68.5 Å². The summed E-state index contributed by atoms with van der Waals surface area (Å²) in [5, 5.41) is 3.21. The van der Waals surface area contributed by atoms with Crippen molar-refractivity contribution in [3.63, 3.8) is 0 Å². The maximum Gasteiger partial charge on any atom is 0.241 e. The number of terminal acetylenes is 1. The normalized spacial score (nSPS) is 10.1. The Kier molecular flexibility index (Phi) is 5.01. The molecule has 0 fully saturated rings. The summed E-state index contributed by atoms with van der Waals surface area (Å²) in [5.41, 5.74) is 0. The van der Waals surface area contributed by atoms with E-state index in [2.05, 4.69) is 31.2 Å². The molecule has 2 heterocycles. The Morgan fingerprint density at radius 1 is 1.42 bits per heavy atom. The van der Waals surface area contributed by atoms with Gasteiger partial charge in [0.15, 0.2) is 0 Å². The van der Waals surface area contributed by atoms with Crippen LogP contribution < -0.4 is 5.32 Å². The van der Waals surface area contributed by atoms with Gasteiger partial charge in [0.2, 0.25) is 17.2 Å². The molecule has 2 aromatic rings. The van der Waals surface area contributed by atoms with Gasteiger partial charge < -0.3 is 5.32 Å². The third-order valence-corrected chi connectivity index (χ3v) is 3.08. The minimum Gasteiger partial charge on any atom is -0.353 e. The summed E-state index contributed by atoms with van der Waals surface area (Å²) in [5.74, 6) is 4.99. The highest BCUT2D eigenvalue weighted by Crippen LogP contribution is 2.09. The Morgan fingerprint density at radius 3 is 3.05 bits per heavy atom. The second-order valence-corrected chi connectivity index (χ2v) is 4.82. The number of anilines is 1. The predicted molar refractivity (Wildman–Crippen MR) is 76.6 cm³/mol. The van der Waals surface area contributed by atoms with Crippen LogP contribution in [0.2, 0.25) is 5.28 Å². The molecule has 0 spiro atoms. The molecule has 0 aliphatic heterocycles. The minimum atomic E-state index is 0.137. The van der Waals surface area contributed by atoms with Gasteiger partial charge in [-0.1, -0.05) is 5.92 Å². The first-order valence-corrected chi connectivity index (χ1v) is 6.98. The Hall–Kier alpha value is -1.78. The third kappa shape index (κ3) is 4.12. The van der Waals surface area contributed by atoms with Gasteiger partial charge >= 0.3 is 0 Å². The van der Waals surface area contributed by atoms with Crippen LogP contribution in [0.15, 0.2) is 18.7 Å². The molecule has 1 N–H and O–H groups in total. The van der Waals surface area contributed by atoms with Gasteiger partial charge in [-0.3, -0.25) is 4.57 Å². The molecule has 0 bridgehead atoms. The van der Waals surface area contributed by atoms with Crippen LogP contribution in [0.5, 0.6) is 0 Å². The van der Waals surface area contributed by atoms with Gasteiger partial charge in [0, 0.05) is 24.7 Å². The van der Waals surface area contributed by atoms with Crippen LogP contribution in [0.4, 0.5) is 5.95 Å². The third-order valence-electron chi connectivity index (χ3n) is 2.05. The molecule has 6 nitrogen and oxygen atoms in total. The lowest BCUT2D eigenvalue weighted by molar-refractivity contribution is 0.892. The smallest absolute Gasteiger partial charge is 0.241 e. The number of aromatic nitrogens is 5. The first kappa shape index (κ1) is 13.6. The molecule has 0 unspecified atom stereocenters. The van der Waals surface area contributed by atoms with Gasteiger partial charge in [0.05, 0.1) is 5.75 Å². The summed E-state index contributed by atoms with van der Waals surface area (Å²) in [6.07, 6.45) is 10.1. The van der Waals surface area contributed by atoms with Crippen LogP contribution in [-0.2, 0) is 0 Å². The van der Waals surface area contributed by atoms with Crippen molar-refractivity contribution < 1.29 is 0 Å². The quantitative estimate of drug-likeness (QED) is 0.643. The number of halogens is 1. The van der Waals surface area contributed by atoms with Crippen LogP contribution in [-0.4, -0.2) is 42.6 Å². The number of hydrogen-bond acceptors (Lipinski definition) is 6.